The first-order valence-electron chi connectivity index (χ1n) is 13.0. The quantitative estimate of drug-likeness (QED) is 0.400. The summed E-state index contributed by atoms with van der Waals surface area (Å²) in [5.41, 5.74) is -1.81. The van der Waals surface area contributed by atoms with E-state index in [0.29, 0.717) is 21.7 Å². The summed E-state index contributed by atoms with van der Waals surface area (Å²) in [6.07, 6.45) is 2.72. The lowest BCUT2D eigenvalue weighted by molar-refractivity contribution is -0.131. The zero-order valence-corrected chi connectivity index (χ0v) is 24.5. The molecule has 1 atom stereocenters. The third-order valence-corrected chi connectivity index (χ3v) is 7.34. The van der Waals surface area contributed by atoms with E-state index in [1.165, 1.54) is 0 Å². The molecule has 3 aromatic rings. The molecule has 0 aliphatic carbocycles. The number of aliphatic hydroxyl groups is 2. The Morgan fingerprint density at radius 3 is 2.31 bits per heavy atom. The van der Waals surface area contributed by atoms with E-state index in [0.717, 1.165) is 5.56 Å². The smallest absolute Gasteiger partial charge is 0.410 e. The molecule has 1 aliphatic rings. The highest BCUT2D eigenvalue weighted by Crippen LogP contribution is 2.51. The lowest BCUT2D eigenvalue weighted by atomic mass is 9.62. The van der Waals surface area contributed by atoms with E-state index in [9.17, 15) is 15.0 Å². The third-order valence-electron chi connectivity index (χ3n) is 7.01. The van der Waals surface area contributed by atoms with Crippen molar-refractivity contribution >= 4 is 17.7 Å². The number of carbonyl (C=O) groups is 1. The van der Waals surface area contributed by atoms with Gasteiger partial charge in [-0.25, -0.2) is 4.79 Å². The molecule has 1 unspecified atom stereocenters. The van der Waals surface area contributed by atoms with Crippen molar-refractivity contribution in [1.82, 2.24) is 20.0 Å². The van der Waals surface area contributed by atoms with Gasteiger partial charge in [0.1, 0.15) is 16.8 Å². The normalized spacial score (nSPS) is 17.1. The fraction of sp³-hybridized carbons (Fsp3) is 0.517. The summed E-state index contributed by atoms with van der Waals surface area (Å²) in [7, 11) is 0. The lowest BCUT2D eigenvalue weighted by Crippen LogP contribution is -2.66. The van der Waals surface area contributed by atoms with E-state index in [-0.39, 0.29) is 30.7 Å². The topological polar surface area (TPSA) is 122 Å². The van der Waals surface area contributed by atoms with Crippen molar-refractivity contribution in [2.45, 2.75) is 78.1 Å². The van der Waals surface area contributed by atoms with Crippen molar-refractivity contribution in [1.29, 1.82) is 0 Å². The second-order valence-corrected chi connectivity index (χ2v) is 12.9. The van der Waals surface area contributed by atoms with Crippen LogP contribution in [0.4, 0.5) is 4.79 Å². The van der Waals surface area contributed by atoms with Gasteiger partial charge in [-0.05, 0) is 63.8 Å². The summed E-state index contributed by atoms with van der Waals surface area (Å²) in [5.74, 6) is 0.495. The van der Waals surface area contributed by atoms with Gasteiger partial charge in [0.15, 0.2) is 0 Å². The Kier molecular flexibility index (Phi) is 7.34. The van der Waals surface area contributed by atoms with E-state index in [4.69, 9.17) is 20.9 Å². The van der Waals surface area contributed by atoms with Crippen LogP contribution in [0.5, 0.6) is 0 Å². The molecule has 39 heavy (non-hydrogen) atoms. The van der Waals surface area contributed by atoms with Crippen molar-refractivity contribution < 1.29 is 24.3 Å². The van der Waals surface area contributed by atoms with E-state index in [1.807, 2.05) is 39.8 Å². The number of nitrogens with zero attached hydrogens (tertiary/aromatic N) is 4. The molecule has 0 spiro atoms. The number of aromatic nitrogens is 3. The molecule has 2 N–H and O–H groups in total. The number of ether oxygens (including phenoxy) is 1. The predicted octanol–water partition coefficient (Wildman–Crippen LogP) is 5.63. The molecular formula is C29H37ClN4O5. The molecule has 1 aliphatic heterocycles. The van der Waals surface area contributed by atoms with E-state index >= 15 is 0 Å². The Labute approximate surface area is 234 Å². The first-order chi connectivity index (χ1) is 17.9. The first kappa shape index (κ1) is 29.0. The van der Waals surface area contributed by atoms with Gasteiger partial charge < -0.3 is 24.4 Å². The van der Waals surface area contributed by atoms with Crippen LogP contribution in [0, 0.1) is 5.41 Å². The Hall–Kier alpha value is -3.01. The number of halogens is 1. The van der Waals surface area contributed by atoms with Crippen LogP contribution >= 0.6 is 11.6 Å². The number of pyridine rings is 1. The summed E-state index contributed by atoms with van der Waals surface area (Å²) in [6.45, 7) is 15.1. The number of rotatable bonds is 6. The van der Waals surface area contributed by atoms with Crippen LogP contribution in [0.3, 0.4) is 0 Å². The minimum Gasteiger partial charge on any atom is -0.444 e. The molecule has 9 nitrogen and oxygen atoms in total. The monoisotopic (exact) mass is 556 g/mol. The fourth-order valence-electron chi connectivity index (χ4n) is 4.91. The molecule has 10 heteroatoms. The van der Waals surface area contributed by atoms with E-state index in [1.54, 1.807) is 43.3 Å². The molecule has 0 saturated carbocycles. The largest absolute Gasteiger partial charge is 0.444 e. The minimum absolute atomic E-state index is 0.0631. The van der Waals surface area contributed by atoms with E-state index < -0.39 is 28.3 Å². The number of benzene rings is 1. The van der Waals surface area contributed by atoms with Gasteiger partial charge in [-0.15, -0.1) is 0 Å². The molecule has 0 radical (unpaired) electrons. The maximum absolute atomic E-state index is 12.8. The van der Waals surface area contributed by atoms with Crippen molar-refractivity contribution in [3.8, 4) is 11.4 Å². The molecule has 1 amide bonds. The Balaban J connectivity index is 1.79. The standard InChI is InChI=1S/C29H37ClN4O5/c1-17(2)21-10-9-19(12-22(21)30)29(37,28(8)15-34(16-28)25(35)38-26(3,4)5)20-11-18(13-31-14-20)23-32-24(39-33-23)27(6,7)36/h9-14,17,36-37H,15-16H2,1-8H3. The molecule has 1 fully saturated rings. The summed E-state index contributed by atoms with van der Waals surface area (Å²) in [4.78, 5) is 23.0. The minimum atomic E-state index is -1.59. The maximum atomic E-state index is 12.8. The average molecular weight is 557 g/mol. The van der Waals surface area contributed by atoms with Crippen molar-refractivity contribution in [3.05, 3.63) is 64.3 Å². The van der Waals surface area contributed by atoms with Crippen LogP contribution in [0.1, 0.15) is 83.9 Å². The van der Waals surface area contributed by atoms with Gasteiger partial charge >= 0.3 is 6.09 Å². The van der Waals surface area contributed by atoms with Crippen molar-refractivity contribution in [2.24, 2.45) is 5.41 Å². The van der Waals surface area contributed by atoms with Crippen LogP contribution in [0.2, 0.25) is 5.02 Å². The van der Waals surface area contributed by atoms with Gasteiger partial charge in [0.05, 0.1) is 0 Å². The number of carbonyl (C=O) groups excluding carboxylic acids is 1. The fourth-order valence-corrected chi connectivity index (χ4v) is 5.31. The molecule has 1 aromatic carbocycles. The van der Waals surface area contributed by atoms with Crippen LogP contribution in [-0.4, -0.2) is 55.0 Å². The summed E-state index contributed by atoms with van der Waals surface area (Å²) < 4.78 is 10.8. The molecule has 1 saturated heterocycles. The SMILES string of the molecule is CC(C)c1ccc(C(O)(c2cncc(-c3noc(C(C)(C)O)n3)c2)C2(C)CN(C(=O)OC(C)(C)C)C2)cc1Cl. The molecule has 0 bridgehead atoms. The average Bonchev–Trinajstić information content (AvgIpc) is 3.31. The van der Waals surface area contributed by atoms with Gasteiger partial charge in [0, 0.05) is 47.0 Å². The number of likely N-dealkylation sites (tertiary alicyclic amines) is 1. The van der Waals surface area contributed by atoms with Gasteiger partial charge in [-0.1, -0.05) is 49.7 Å². The van der Waals surface area contributed by atoms with Crippen molar-refractivity contribution in [2.75, 3.05) is 13.1 Å². The predicted molar refractivity (Wildman–Crippen MR) is 147 cm³/mol. The molecular weight excluding hydrogens is 520 g/mol. The van der Waals surface area contributed by atoms with Gasteiger partial charge in [0.25, 0.3) is 5.89 Å². The third kappa shape index (κ3) is 5.53. The van der Waals surface area contributed by atoms with Gasteiger partial charge in [-0.2, -0.15) is 4.98 Å². The Bertz CT molecular complexity index is 1370. The second kappa shape index (κ2) is 9.87. The molecule has 4 rings (SSSR count). The Morgan fingerprint density at radius 1 is 1.10 bits per heavy atom. The molecule has 2 aromatic heterocycles. The van der Waals surface area contributed by atoms with Crippen LogP contribution in [0.15, 0.2) is 41.2 Å². The highest BCUT2D eigenvalue weighted by molar-refractivity contribution is 6.31. The number of hydrogen-bond donors (Lipinski definition) is 2. The van der Waals surface area contributed by atoms with Gasteiger partial charge in [0.2, 0.25) is 5.82 Å². The molecule has 3 heterocycles. The maximum Gasteiger partial charge on any atom is 0.410 e. The highest BCUT2D eigenvalue weighted by Gasteiger charge is 2.58. The van der Waals surface area contributed by atoms with E-state index in [2.05, 4.69) is 29.0 Å². The van der Waals surface area contributed by atoms with Crippen LogP contribution in [0.25, 0.3) is 11.4 Å². The van der Waals surface area contributed by atoms with Crippen LogP contribution < -0.4 is 0 Å². The first-order valence-corrected chi connectivity index (χ1v) is 13.3. The highest BCUT2D eigenvalue weighted by atomic mass is 35.5. The second-order valence-electron chi connectivity index (χ2n) is 12.4. The molecule has 210 valence electrons. The lowest BCUT2D eigenvalue weighted by Gasteiger charge is -2.56. The zero-order chi connectivity index (χ0) is 29.0. The Morgan fingerprint density at radius 2 is 1.77 bits per heavy atom. The van der Waals surface area contributed by atoms with Crippen molar-refractivity contribution in [3.63, 3.8) is 0 Å². The summed E-state index contributed by atoms with van der Waals surface area (Å²) >= 11 is 6.69. The van der Waals surface area contributed by atoms with Gasteiger partial charge in [-0.3, -0.25) is 4.98 Å². The zero-order valence-electron chi connectivity index (χ0n) is 23.7. The summed E-state index contributed by atoms with van der Waals surface area (Å²) in [6, 6.07) is 7.33. The van der Waals surface area contributed by atoms with Crippen LogP contribution in [-0.2, 0) is 15.9 Å². The number of hydrogen-bond acceptors (Lipinski definition) is 8. The number of amides is 1. The summed E-state index contributed by atoms with van der Waals surface area (Å²) in [5, 5.41) is 27.4.